The van der Waals surface area contributed by atoms with E-state index in [-0.39, 0.29) is 24.7 Å². The van der Waals surface area contributed by atoms with Gasteiger partial charge in [0.1, 0.15) is 29.7 Å². The maximum Gasteiger partial charge on any atom is 0.311 e. The second-order valence-corrected chi connectivity index (χ2v) is 11.3. The van der Waals surface area contributed by atoms with Crippen LogP contribution in [-0.4, -0.2) is 63.9 Å². The summed E-state index contributed by atoms with van der Waals surface area (Å²) in [7, 11) is 0. The standard InChI is InChI=1S/C31H37N5O8/c1-16(2)26(36-28(40)22(33-19(5)37)14-20-12-10-17(3)11-13-20)29(41)32-18(4)27(39)35-24-15-25(38)44-31(24,42)30-34-21-8-6-7-9-23(21)43-30/h6-13,16,18,22,24,26,42H,14-15H2,1-5H3,(H,32,41)(H,33,37)(H,35,39)(H,36,40)/t18-,22-,24-,26+,31?/m0/s1. The fraction of sp³-hybridized carbons (Fsp3) is 0.419. The Morgan fingerprint density at radius 1 is 0.977 bits per heavy atom. The number of benzene rings is 2. The highest BCUT2D eigenvalue weighted by molar-refractivity contribution is 5.94. The van der Waals surface area contributed by atoms with Crippen molar-refractivity contribution in [3.8, 4) is 0 Å². The minimum Gasteiger partial charge on any atom is -0.435 e. The van der Waals surface area contributed by atoms with E-state index in [1.165, 1.54) is 13.8 Å². The molecule has 13 heteroatoms. The van der Waals surface area contributed by atoms with Crippen LogP contribution in [0.4, 0.5) is 0 Å². The molecular formula is C31H37N5O8. The Bertz CT molecular complexity index is 1520. The van der Waals surface area contributed by atoms with Crippen LogP contribution in [0.3, 0.4) is 0 Å². The number of cyclic esters (lactones) is 1. The number of rotatable bonds is 11. The number of nitrogens with one attached hydrogen (secondary N) is 4. The monoisotopic (exact) mass is 607 g/mol. The van der Waals surface area contributed by atoms with E-state index in [1.54, 1.807) is 38.1 Å². The summed E-state index contributed by atoms with van der Waals surface area (Å²) in [6, 6.07) is 9.86. The molecule has 0 saturated carbocycles. The molecule has 5 N–H and O–H groups in total. The number of aromatic nitrogens is 1. The highest BCUT2D eigenvalue weighted by Crippen LogP contribution is 2.35. The van der Waals surface area contributed by atoms with Gasteiger partial charge in [0, 0.05) is 13.3 Å². The minimum absolute atomic E-state index is 0.210. The van der Waals surface area contributed by atoms with Crippen LogP contribution < -0.4 is 21.3 Å². The number of oxazole rings is 1. The molecule has 0 aliphatic carbocycles. The third-order valence-corrected chi connectivity index (χ3v) is 7.28. The molecule has 1 aliphatic rings. The number of hydrogen-bond acceptors (Lipinski definition) is 9. The Labute approximate surface area is 254 Å². The predicted molar refractivity (Wildman–Crippen MR) is 157 cm³/mol. The molecule has 0 radical (unpaired) electrons. The number of hydrogen-bond donors (Lipinski definition) is 5. The van der Waals surface area contributed by atoms with Crippen molar-refractivity contribution in [2.75, 3.05) is 0 Å². The Hall–Kier alpha value is -4.78. The number of para-hydroxylation sites is 2. The lowest BCUT2D eigenvalue weighted by atomic mass is 10.00. The number of fused-ring (bicyclic) bond motifs is 1. The Morgan fingerprint density at radius 2 is 1.66 bits per heavy atom. The molecule has 0 spiro atoms. The zero-order valence-electron chi connectivity index (χ0n) is 25.2. The largest absolute Gasteiger partial charge is 0.435 e. The average Bonchev–Trinajstić information content (AvgIpc) is 3.52. The van der Waals surface area contributed by atoms with Gasteiger partial charge in [-0.15, -0.1) is 0 Å². The van der Waals surface area contributed by atoms with Crippen molar-refractivity contribution in [3.05, 3.63) is 65.5 Å². The topological polar surface area (TPSA) is 189 Å². The normalized spacial score (nSPS) is 20.0. The quantitative estimate of drug-likeness (QED) is 0.199. The molecule has 1 aromatic heterocycles. The molecule has 1 saturated heterocycles. The number of amides is 4. The Kier molecular flexibility index (Phi) is 9.68. The molecule has 0 bridgehead atoms. The summed E-state index contributed by atoms with van der Waals surface area (Å²) < 4.78 is 10.7. The van der Waals surface area contributed by atoms with Gasteiger partial charge in [0.25, 0.3) is 5.89 Å². The summed E-state index contributed by atoms with van der Waals surface area (Å²) in [6.07, 6.45) is -0.153. The molecule has 4 amide bonds. The SMILES string of the molecule is CC(=O)N[C@@H](Cc1ccc(C)cc1)C(=O)N[C@@H](C(=O)N[C@@H](C)C(=O)N[C@H]1CC(=O)OC1(O)c1nc2ccccc2o1)C(C)C. The first kappa shape index (κ1) is 32.1. The molecule has 2 heterocycles. The molecular weight excluding hydrogens is 570 g/mol. The van der Waals surface area contributed by atoms with Gasteiger partial charge in [-0.3, -0.25) is 24.0 Å². The van der Waals surface area contributed by atoms with E-state index in [0.29, 0.717) is 11.1 Å². The minimum atomic E-state index is -2.36. The van der Waals surface area contributed by atoms with Crippen LogP contribution in [0.15, 0.2) is 52.9 Å². The first-order valence-electron chi connectivity index (χ1n) is 14.3. The van der Waals surface area contributed by atoms with Gasteiger partial charge < -0.3 is 35.5 Å². The summed E-state index contributed by atoms with van der Waals surface area (Å²) in [5, 5.41) is 21.7. The lowest BCUT2D eigenvalue weighted by Gasteiger charge is -2.28. The molecule has 234 valence electrons. The molecule has 3 aromatic rings. The van der Waals surface area contributed by atoms with E-state index in [2.05, 4.69) is 26.3 Å². The van der Waals surface area contributed by atoms with E-state index in [0.717, 1.165) is 11.1 Å². The highest BCUT2D eigenvalue weighted by atomic mass is 16.7. The number of carbonyl (C=O) groups excluding carboxylic acids is 5. The average molecular weight is 608 g/mol. The Balaban J connectivity index is 1.41. The second kappa shape index (κ2) is 13.2. The molecule has 13 nitrogen and oxygen atoms in total. The summed E-state index contributed by atoms with van der Waals surface area (Å²) in [6.45, 7) is 8.11. The number of aliphatic hydroxyl groups is 1. The molecule has 1 aliphatic heterocycles. The van der Waals surface area contributed by atoms with Gasteiger partial charge in [0.15, 0.2) is 5.58 Å². The Morgan fingerprint density at radius 3 is 2.30 bits per heavy atom. The van der Waals surface area contributed by atoms with Crippen molar-refractivity contribution in [3.63, 3.8) is 0 Å². The number of aryl methyl sites for hydroxylation is 1. The highest BCUT2D eigenvalue weighted by Gasteiger charge is 2.54. The first-order chi connectivity index (χ1) is 20.8. The number of nitrogens with zero attached hydrogens (tertiary/aromatic N) is 1. The maximum atomic E-state index is 13.3. The van der Waals surface area contributed by atoms with Gasteiger partial charge in [0.2, 0.25) is 23.6 Å². The van der Waals surface area contributed by atoms with Crippen molar-refractivity contribution < 1.29 is 38.2 Å². The molecule has 2 aromatic carbocycles. The van der Waals surface area contributed by atoms with E-state index in [9.17, 15) is 29.1 Å². The van der Waals surface area contributed by atoms with Crippen molar-refractivity contribution >= 4 is 40.7 Å². The van der Waals surface area contributed by atoms with E-state index in [4.69, 9.17) is 9.15 Å². The molecule has 1 unspecified atom stereocenters. The fourth-order valence-corrected chi connectivity index (χ4v) is 4.83. The zero-order chi connectivity index (χ0) is 32.2. The lowest BCUT2D eigenvalue weighted by molar-refractivity contribution is -0.210. The summed E-state index contributed by atoms with van der Waals surface area (Å²) in [5.74, 6) is -6.14. The number of carbonyl (C=O) groups is 5. The van der Waals surface area contributed by atoms with E-state index in [1.807, 2.05) is 31.2 Å². The van der Waals surface area contributed by atoms with Gasteiger partial charge in [-0.05, 0) is 37.5 Å². The summed E-state index contributed by atoms with van der Waals surface area (Å²) >= 11 is 0. The number of ether oxygens (including phenoxy) is 1. The van der Waals surface area contributed by atoms with Crippen molar-refractivity contribution in [2.45, 2.75) is 77.4 Å². The van der Waals surface area contributed by atoms with Crippen LogP contribution in [0, 0.1) is 12.8 Å². The summed E-state index contributed by atoms with van der Waals surface area (Å²) in [5.41, 5.74) is 2.65. The first-order valence-corrected chi connectivity index (χ1v) is 14.3. The fourth-order valence-electron chi connectivity index (χ4n) is 4.83. The van der Waals surface area contributed by atoms with Crippen molar-refractivity contribution in [2.24, 2.45) is 5.92 Å². The lowest BCUT2D eigenvalue weighted by Crippen LogP contribution is -2.59. The third-order valence-electron chi connectivity index (χ3n) is 7.28. The van der Waals surface area contributed by atoms with Crippen LogP contribution >= 0.6 is 0 Å². The summed E-state index contributed by atoms with van der Waals surface area (Å²) in [4.78, 5) is 67.8. The maximum absolute atomic E-state index is 13.3. The van der Waals surface area contributed by atoms with Crippen molar-refractivity contribution in [1.29, 1.82) is 0 Å². The van der Waals surface area contributed by atoms with Crippen molar-refractivity contribution in [1.82, 2.24) is 26.3 Å². The molecule has 1 fully saturated rings. The van der Waals surface area contributed by atoms with E-state index < -0.39 is 59.6 Å². The molecule has 4 rings (SSSR count). The van der Waals surface area contributed by atoms with Gasteiger partial charge in [-0.1, -0.05) is 55.8 Å². The number of esters is 1. The van der Waals surface area contributed by atoms with Crippen LogP contribution in [0.25, 0.3) is 11.1 Å². The molecule has 5 atom stereocenters. The second-order valence-electron chi connectivity index (χ2n) is 11.3. The third kappa shape index (κ3) is 7.40. The van der Waals surface area contributed by atoms with Crippen LogP contribution in [-0.2, 0) is 40.9 Å². The van der Waals surface area contributed by atoms with Crippen LogP contribution in [0.2, 0.25) is 0 Å². The predicted octanol–water partition coefficient (Wildman–Crippen LogP) is 1.11. The van der Waals surface area contributed by atoms with Crippen LogP contribution in [0.1, 0.15) is 51.1 Å². The van der Waals surface area contributed by atoms with Gasteiger partial charge in [-0.25, -0.2) is 4.98 Å². The van der Waals surface area contributed by atoms with E-state index >= 15 is 0 Å². The van der Waals surface area contributed by atoms with Gasteiger partial charge in [-0.2, -0.15) is 0 Å². The smallest absolute Gasteiger partial charge is 0.311 e. The molecule has 44 heavy (non-hydrogen) atoms. The van der Waals surface area contributed by atoms with Gasteiger partial charge >= 0.3 is 11.8 Å². The zero-order valence-corrected chi connectivity index (χ0v) is 25.2. The van der Waals surface area contributed by atoms with Crippen LogP contribution in [0.5, 0.6) is 0 Å². The van der Waals surface area contributed by atoms with Gasteiger partial charge in [0.05, 0.1) is 6.42 Å².